The van der Waals surface area contributed by atoms with E-state index in [1.807, 2.05) is 55.5 Å². The topological polar surface area (TPSA) is 65.3 Å². The molecule has 2 heterocycles. The fourth-order valence-corrected chi connectivity index (χ4v) is 3.45. The zero-order valence-corrected chi connectivity index (χ0v) is 14.8. The Bertz CT molecular complexity index is 891. The molecule has 0 radical (unpaired) electrons. The predicted octanol–water partition coefficient (Wildman–Crippen LogP) is 3.05. The van der Waals surface area contributed by atoms with Crippen molar-refractivity contribution in [2.45, 2.75) is 38.9 Å². The number of imide groups is 1. The van der Waals surface area contributed by atoms with E-state index in [2.05, 4.69) is 17.3 Å². The van der Waals surface area contributed by atoms with Gasteiger partial charge in [0.05, 0.1) is 12.2 Å². The van der Waals surface area contributed by atoms with Crippen molar-refractivity contribution in [3.05, 3.63) is 65.2 Å². The molecule has 6 nitrogen and oxygen atoms in total. The standard InChI is InChI=1S/C20H20N4O2/c1-3-14-8-10-16(11-9-14)24-19(25)17-18(20(24)26)23(22-21-17)12-15-7-5-4-6-13(15)2/h4-11,17-18H,3,12H2,1-2H3/t17-,18-/m0/s1. The highest BCUT2D eigenvalue weighted by Crippen LogP contribution is 2.33. The van der Waals surface area contributed by atoms with Crippen LogP contribution >= 0.6 is 0 Å². The second kappa shape index (κ2) is 6.37. The maximum absolute atomic E-state index is 13.0. The molecule has 1 saturated heterocycles. The van der Waals surface area contributed by atoms with Gasteiger partial charge in [-0.2, -0.15) is 5.11 Å². The van der Waals surface area contributed by atoms with Gasteiger partial charge in [-0.1, -0.05) is 48.5 Å². The van der Waals surface area contributed by atoms with Gasteiger partial charge in [0.25, 0.3) is 11.8 Å². The number of aryl methyl sites for hydroxylation is 2. The van der Waals surface area contributed by atoms with Crippen LogP contribution in [0.5, 0.6) is 0 Å². The Morgan fingerprint density at radius 1 is 1.00 bits per heavy atom. The third-order valence-corrected chi connectivity index (χ3v) is 5.05. The summed E-state index contributed by atoms with van der Waals surface area (Å²) < 4.78 is 0. The maximum Gasteiger partial charge on any atom is 0.263 e. The molecule has 2 aromatic carbocycles. The van der Waals surface area contributed by atoms with Crippen molar-refractivity contribution < 1.29 is 9.59 Å². The summed E-state index contributed by atoms with van der Waals surface area (Å²) in [7, 11) is 0. The van der Waals surface area contributed by atoms with E-state index in [4.69, 9.17) is 0 Å². The van der Waals surface area contributed by atoms with Gasteiger partial charge in [0.15, 0.2) is 12.1 Å². The van der Waals surface area contributed by atoms with Crippen LogP contribution in [-0.2, 0) is 22.6 Å². The molecule has 0 unspecified atom stereocenters. The van der Waals surface area contributed by atoms with Gasteiger partial charge in [0.1, 0.15) is 0 Å². The first kappa shape index (κ1) is 16.4. The molecule has 0 N–H and O–H groups in total. The van der Waals surface area contributed by atoms with Gasteiger partial charge in [-0.05, 0) is 42.2 Å². The smallest absolute Gasteiger partial charge is 0.263 e. The van der Waals surface area contributed by atoms with E-state index in [9.17, 15) is 9.59 Å². The Morgan fingerprint density at radius 3 is 2.42 bits per heavy atom. The average molecular weight is 348 g/mol. The number of fused-ring (bicyclic) bond motifs is 1. The van der Waals surface area contributed by atoms with Crippen LogP contribution < -0.4 is 4.90 Å². The summed E-state index contributed by atoms with van der Waals surface area (Å²) in [5, 5.41) is 9.82. The van der Waals surface area contributed by atoms with Gasteiger partial charge in [-0.3, -0.25) is 14.6 Å². The van der Waals surface area contributed by atoms with Crippen LogP contribution in [0.3, 0.4) is 0 Å². The van der Waals surface area contributed by atoms with Crippen LogP contribution in [-0.4, -0.2) is 28.9 Å². The van der Waals surface area contributed by atoms with Crippen LogP contribution in [0, 0.1) is 6.92 Å². The Balaban J connectivity index is 1.60. The SMILES string of the molecule is CCc1ccc(N2C(=O)[C@H]3N=NN(Cc4ccccc4C)[C@@H]3C2=O)cc1. The van der Waals surface area contributed by atoms with Crippen molar-refractivity contribution in [1.82, 2.24) is 5.01 Å². The van der Waals surface area contributed by atoms with Gasteiger partial charge in [-0.25, -0.2) is 4.90 Å². The van der Waals surface area contributed by atoms with Crippen LogP contribution in [0.1, 0.15) is 23.6 Å². The third kappa shape index (κ3) is 2.58. The largest absolute Gasteiger partial charge is 0.271 e. The fourth-order valence-electron chi connectivity index (χ4n) is 3.45. The molecular weight excluding hydrogens is 328 g/mol. The summed E-state index contributed by atoms with van der Waals surface area (Å²) in [6, 6.07) is 14.1. The van der Waals surface area contributed by atoms with E-state index in [1.54, 1.807) is 5.01 Å². The van der Waals surface area contributed by atoms with E-state index >= 15 is 0 Å². The van der Waals surface area contributed by atoms with Gasteiger partial charge in [0, 0.05) is 0 Å². The van der Waals surface area contributed by atoms with E-state index < -0.39 is 12.1 Å². The minimum absolute atomic E-state index is 0.261. The number of benzene rings is 2. The van der Waals surface area contributed by atoms with E-state index in [-0.39, 0.29) is 11.8 Å². The van der Waals surface area contributed by atoms with Gasteiger partial charge < -0.3 is 0 Å². The summed E-state index contributed by atoms with van der Waals surface area (Å²) in [4.78, 5) is 27.0. The number of anilines is 1. The lowest BCUT2D eigenvalue weighted by Crippen LogP contribution is -2.39. The zero-order chi connectivity index (χ0) is 18.3. The number of carbonyl (C=O) groups is 2. The molecule has 2 aliphatic heterocycles. The minimum Gasteiger partial charge on any atom is -0.271 e. The lowest BCUT2D eigenvalue weighted by atomic mass is 10.1. The molecule has 0 aromatic heterocycles. The Morgan fingerprint density at radius 2 is 1.73 bits per heavy atom. The average Bonchev–Trinajstić information content (AvgIpc) is 3.17. The van der Waals surface area contributed by atoms with Crippen LogP contribution in [0.4, 0.5) is 5.69 Å². The molecule has 2 atom stereocenters. The highest BCUT2D eigenvalue weighted by molar-refractivity contribution is 6.25. The predicted molar refractivity (Wildman–Crippen MR) is 97.5 cm³/mol. The van der Waals surface area contributed by atoms with Crippen LogP contribution in [0.25, 0.3) is 0 Å². The van der Waals surface area contributed by atoms with E-state index in [0.29, 0.717) is 12.2 Å². The van der Waals surface area contributed by atoms with Gasteiger partial charge in [-0.15, -0.1) is 0 Å². The quantitative estimate of drug-likeness (QED) is 0.798. The molecule has 132 valence electrons. The van der Waals surface area contributed by atoms with Gasteiger partial charge >= 0.3 is 0 Å². The number of nitrogens with zero attached hydrogens (tertiary/aromatic N) is 4. The van der Waals surface area contributed by atoms with Crippen LogP contribution in [0.2, 0.25) is 0 Å². The molecule has 0 saturated carbocycles. The van der Waals surface area contributed by atoms with E-state index in [0.717, 1.165) is 23.1 Å². The zero-order valence-electron chi connectivity index (χ0n) is 14.8. The molecule has 4 rings (SSSR count). The number of rotatable bonds is 4. The number of hydrogen-bond donors (Lipinski definition) is 0. The first-order valence-corrected chi connectivity index (χ1v) is 8.79. The highest BCUT2D eigenvalue weighted by atomic mass is 16.2. The van der Waals surface area contributed by atoms with Crippen molar-refractivity contribution in [3.8, 4) is 0 Å². The summed E-state index contributed by atoms with van der Waals surface area (Å²) >= 11 is 0. The molecule has 2 amide bonds. The number of hydrogen-bond acceptors (Lipinski definition) is 5. The number of carbonyl (C=O) groups excluding carboxylic acids is 2. The second-order valence-electron chi connectivity index (χ2n) is 6.65. The Kier molecular flexibility index (Phi) is 4.03. The fraction of sp³-hybridized carbons (Fsp3) is 0.300. The summed E-state index contributed by atoms with van der Waals surface area (Å²) in [5.41, 5.74) is 3.94. The van der Waals surface area contributed by atoms with Crippen LogP contribution in [0.15, 0.2) is 58.9 Å². The van der Waals surface area contributed by atoms with Crippen molar-refractivity contribution in [2.24, 2.45) is 10.3 Å². The lowest BCUT2D eigenvalue weighted by molar-refractivity contribution is -0.123. The summed E-state index contributed by atoms with van der Waals surface area (Å²) in [6.07, 6.45) is 0.909. The molecule has 6 heteroatoms. The monoisotopic (exact) mass is 348 g/mol. The van der Waals surface area contributed by atoms with Crippen molar-refractivity contribution in [2.75, 3.05) is 4.90 Å². The Labute approximate surface area is 152 Å². The summed E-state index contributed by atoms with van der Waals surface area (Å²) in [6.45, 7) is 4.54. The minimum atomic E-state index is -0.752. The van der Waals surface area contributed by atoms with Gasteiger partial charge in [0.2, 0.25) is 0 Å². The number of amides is 2. The second-order valence-corrected chi connectivity index (χ2v) is 6.65. The first-order chi connectivity index (χ1) is 12.6. The van der Waals surface area contributed by atoms with Crippen molar-refractivity contribution >= 4 is 17.5 Å². The molecule has 2 aliphatic rings. The highest BCUT2D eigenvalue weighted by Gasteiger charge is 2.54. The maximum atomic E-state index is 13.0. The molecule has 1 fully saturated rings. The van der Waals surface area contributed by atoms with E-state index in [1.165, 1.54) is 4.90 Å². The van der Waals surface area contributed by atoms with Crippen molar-refractivity contribution in [1.29, 1.82) is 0 Å². The molecular formula is C20H20N4O2. The molecule has 0 bridgehead atoms. The lowest BCUT2D eigenvalue weighted by Gasteiger charge is -2.21. The van der Waals surface area contributed by atoms with Crippen molar-refractivity contribution in [3.63, 3.8) is 0 Å². The first-order valence-electron chi connectivity index (χ1n) is 8.79. The Hall–Kier alpha value is -3.02. The molecule has 0 aliphatic carbocycles. The normalized spacial score (nSPS) is 21.6. The molecule has 26 heavy (non-hydrogen) atoms. The molecule has 2 aromatic rings. The third-order valence-electron chi connectivity index (χ3n) is 5.05. The molecule has 0 spiro atoms. The summed E-state index contributed by atoms with van der Waals surface area (Å²) in [5.74, 6) is -0.567.